The topological polar surface area (TPSA) is 15.3 Å². The van der Waals surface area contributed by atoms with Gasteiger partial charge < -0.3 is 10.2 Å². The monoisotopic (exact) mass is 228 g/mol. The van der Waals surface area contributed by atoms with E-state index in [0.717, 1.165) is 5.92 Å². The number of nitrogens with zero attached hydrogens (tertiary/aromatic N) is 1. The van der Waals surface area contributed by atoms with Crippen molar-refractivity contribution in [3.8, 4) is 0 Å². The minimum atomic E-state index is 0.795. The second-order valence-electron chi connectivity index (χ2n) is 5.32. The summed E-state index contributed by atoms with van der Waals surface area (Å²) >= 11 is 0. The van der Waals surface area contributed by atoms with E-state index >= 15 is 0 Å². The fourth-order valence-electron chi connectivity index (χ4n) is 2.00. The van der Waals surface area contributed by atoms with Crippen LogP contribution < -0.4 is 5.32 Å². The Balaban J connectivity index is 3.08. The van der Waals surface area contributed by atoms with Gasteiger partial charge in [0.1, 0.15) is 0 Å². The second kappa shape index (κ2) is 11.4. The molecule has 0 rings (SSSR count). The maximum absolute atomic E-state index is 3.45. The molecule has 0 saturated heterocycles. The van der Waals surface area contributed by atoms with Crippen molar-refractivity contribution in [2.24, 2.45) is 5.92 Å². The summed E-state index contributed by atoms with van der Waals surface area (Å²) in [5.74, 6) is 0.795. The molecule has 0 aromatic heterocycles. The maximum atomic E-state index is 3.45. The van der Waals surface area contributed by atoms with Gasteiger partial charge in [0, 0.05) is 6.54 Å². The number of nitrogens with one attached hydrogen (secondary N) is 1. The molecule has 2 heteroatoms. The van der Waals surface area contributed by atoms with Gasteiger partial charge in [0.15, 0.2) is 0 Å². The summed E-state index contributed by atoms with van der Waals surface area (Å²) < 4.78 is 0. The minimum absolute atomic E-state index is 0.795. The first-order valence-electron chi connectivity index (χ1n) is 7.06. The molecule has 0 unspecified atom stereocenters. The average molecular weight is 228 g/mol. The van der Waals surface area contributed by atoms with Crippen LogP contribution in [0.15, 0.2) is 0 Å². The van der Waals surface area contributed by atoms with Gasteiger partial charge in [0.2, 0.25) is 0 Å². The number of hydrogen-bond donors (Lipinski definition) is 1. The van der Waals surface area contributed by atoms with E-state index in [2.05, 4.69) is 38.0 Å². The van der Waals surface area contributed by atoms with Crippen LogP contribution in [-0.2, 0) is 0 Å². The molecule has 0 amide bonds. The van der Waals surface area contributed by atoms with Crippen molar-refractivity contribution in [1.29, 1.82) is 0 Å². The van der Waals surface area contributed by atoms with Gasteiger partial charge in [0.05, 0.1) is 0 Å². The molecule has 16 heavy (non-hydrogen) atoms. The highest BCUT2D eigenvalue weighted by molar-refractivity contribution is 4.55. The Morgan fingerprint density at radius 1 is 1.00 bits per heavy atom. The van der Waals surface area contributed by atoms with Crippen LogP contribution in [0.3, 0.4) is 0 Å². The van der Waals surface area contributed by atoms with E-state index in [0.29, 0.717) is 0 Å². The third-order valence-electron chi connectivity index (χ3n) is 2.75. The van der Waals surface area contributed by atoms with Crippen LogP contribution in [0.5, 0.6) is 0 Å². The van der Waals surface area contributed by atoms with Crippen molar-refractivity contribution in [3.05, 3.63) is 0 Å². The summed E-state index contributed by atoms with van der Waals surface area (Å²) in [6.07, 6.45) is 6.72. The lowest BCUT2D eigenvalue weighted by Gasteiger charge is -2.18. The molecule has 0 heterocycles. The Hall–Kier alpha value is -0.0800. The Morgan fingerprint density at radius 2 is 1.69 bits per heavy atom. The summed E-state index contributed by atoms with van der Waals surface area (Å²) in [4.78, 5) is 2.46. The zero-order valence-corrected chi connectivity index (χ0v) is 11.9. The number of rotatable bonds is 11. The van der Waals surface area contributed by atoms with Crippen LogP contribution in [0.2, 0.25) is 0 Å². The fraction of sp³-hybridized carbons (Fsp3) is 1.00. The first-order chi connectivity index (χ1) is 7.66. The number of unbranched alkanes of at least 4 members (excludes halogenated alkanes) is 3. The van der Waals surface area contributed by atoms with Crippen LogP contribution in [0, 0.1) is 5.92 Å². The van der Waals surface area contributed by atoms with E-state index < -0.39 is 0 Å². The van der Waals surface area contributed by atoms with Crippen LogP contribution >= 0.6 is 0 Å². The molecular weight excluding hydrogens is 196 g/mol. The molecule has 0 fully saturated rings. The molecule has 0 saturated carbocycles. The molecule has 0 atom stereocenters. The standard InChI is InChI=1S/C14H32N2/c1-5-10-15-11-8-6-7-9-12-16(4)13-14(2)3/h14-15H,5-13H2,1-4H3. The van der Waals surface area contributed by atoms with Crippen LogP contribution in [0.1, 0.15) is 52.9 Å². The molecule has 0 aromatic carbocycles. The first-order valence-corrected chi connectivity index (χ1v) is 7.06. The van der Waals surface area contributed by atoms with E-state index in [1.165, 1.54) is 58.3 Å². The van der Waals surface area contributed by atoms with E-state index in [-0.39, 0.29) is 0 Å². The quantitative estimate of drug-likeness (QED) is 0.547. The van der Waals surface area contributed by atoms with Crippen molar-refractivity contribution in [1.82, 2.24) is 10.2 Å². The second-order valence-corrected chi connectivity index (χ2v) is 5.32. The highest BCUT2D eigenvalue weighted by atomic mass is 15.1. The average Bonchev–Trinajstić information content (AvgIpc) is 2.21. The Morgan fingerprint density at radius 3 is 2.31 bits per heavy atom. The predicted molar refractivity (Wildman–Crippen MR) is 74.0 cm³/mol. The van der Waals surface area contributed by atoms with Gasteiger partial charge in [0.25, 0.3) is 0 Å². The first kappa shape index (κ1) is 15.9. The molecule has 0 aliphatic heterocycles. The number of hydrogen-bond acceptors (Lipinski definition) is 2. The Kier molecular flexibility index (Phi) is 11.3. The highest BCUT2D eigenvalue weighted by Gasteiger charge is 2.00. The summed E-state index contributed by atoms with van der Waals surface area (Å²) in [7, 11) is 2.24. The predicted octanol–water partition coefficient (Wildman–Crippen LogP) is 3.13. The normalized spacial score (nSPS) is 11.6. The van der Waals surface area contributed by atoms with E-state index in [1.54, 1.807) is 0 Å². The van der Waals surface area contributed by atoms with Gasteiger partial charge in [-0.3, -0.25) is 0 Å². The van der Waals surface area contributed by atoms with Crippen molar-refractivity contribution < 1.29 is 0 Å². The van der Waals surface area contributed by atoms with Crippen molar-refractivity contribution >= 4 is 0 Å². The molecule has 0 aromatic rings. The van der Waals surface area contributed by atoms with Crippen LogP contribution in [0.4, 0.5) is 0 Å². The van der Waals surface area contributed by atoms with Gasteiger partial charge in [-0.2, -0.15) is 0 Å². The van der Waals surface area contributed by atoms with Crippen molar-refractivity contribution in [2.75, 3.05) is 33.2 Å². The molecule has 98 valence electrons. The molecule has 0 radical (unpaired) electrons. The lowest BCUT2D eigenvalue weighted by atomic mass is 10.1. The maximum Gasteiger partial charge on any atom is 0.000133 e. The molecular formula is C14H32N2. The Labute approximate surface area is 103 Å². The molecule has 2 nitrogen and oxygen atoms in total. The summed E-state index contributed by atoms with van der Waals surface area (Å²) in [6.45, 7) is 11.7. The third-order valence-corrected chi connectivity index (χ3v) is 2.75. The minimum Gasteiger partial charge on any atom is -0.317 e. The van der Waals surface area contributed by atoms with Crippen LogP contribution in [0.25, 0.3) is 0 Å². The van der Waals surface area contributed by atoms with Gasteiger partial charge in [-0.1, -0.05) is 33.6 Å². The van der Waals surface area contributed by atoms with E-state index in [9.17, 15) is 0 Å². The zero-order chi connectivity index (χ0) is 12.2. The fourth-order valence-corrected chi connectivity index (χ4v) is 2.00. The van der Waals surface area contributed by atoms with E-state index in [4.69, 9.17) is 0 Å². The Bertz CT molecular complexity index is 135. The molecule has 0 aliphatic rings. The zero-order valence-electron chi connectivity index (χ0n) is 11.9. The summed E-state index contributed by atoms with van der Waals surface area (Å²) in [5.41, 5.74) is 0. The van der Waals surface area contributed by atoms with Crippen molar-refractivity contribution in [2.45, 2.75) is 52.9 Å². The summed E-state index contributed by atoms with van der Waals surface area (Å²) in [6, 6.07) is 0. The smallest absolute Gasteiger partial charge is 0.000133 e. The molecule has 1 N–H and O–H groups in total. The molecule has 0 spiro atoms. The summed E-state index contributed by atoms with van der Waals surface area (Å²) in [5, 5.41) is 3.45. The highest BCUT2D eigenvalue weighted by Crippen LogP contribution is 2.02. The lowest BCUT2D eigenvalue weighted by molar-refractivity contribution is 0.288. The van der Waals surface area contributed by atoms with Gasteiger partial charge >= 0.3 is 0 Å². The van der Waals surface area contributed by atoms with Gasteiger partial charge in [-0.05, 0) is 51.9 Å². The van der Waals surface area contributed by atoms with Crippen molar-refractivity contribution in [3.63, 3.8) is 0 Å². The SMILES string of the molecule is CCCNCCCCCCN(C)CC(C)C. The molecule has 0 aliphatic carbocycles. The van der Waals surface area contributed by atoms with Crippen LogP contribution in [-0.4, -0.2) is 38.1 Å². The molecule has 0 bridgehead atoms. The largest absolute Gasteiger partial charge is 0.317 e. The van der Waals surface area contributed by atoms with E-state index in [1.807, 2.05) is 0 Å². The lowest BCUT2D eigenvalue weighted by Crippen LogP contribution is -2.24. The van der Waals surface area contributed by atoms with Gasteiger partial charge in [-0.25, -0.2) is 0 Å². The third kappa shape index (κ3) is 12.0. The van der Waals surface area contributed by atoms with Gasteiger partial charge in [-0.15, -0.1) is 0 Å².